The summed E-state index contributed by atoms with van der Waals surface area (Å²) in [7, 11) is -3.96. The van der Waals surface area contributed by atoms with E-state index in [1.54, 1.807) is 0 Å². The van der Waals surface area contributed by atoms with Crippen LogP contribution in [0, 0.1) is 0 Å². The molecule has 2 rings (SSSR count). The Kier molecular flexibility index (Phi) is 4.51. The molecular weight excluding hydrogens is 324 g/mol. The minimum atomic E-state index is -3.96. The molecule has 12 heteroatoms. The average molecular weight is 336 g/mol. The Labute approximate surface area is 123 Å². The first-order chi connectivity index (χ1) is 9.80. The molecule has 0 radical (unpaired) electrons. The van der Waals surface area contributed by atoms with Crippen LogP contribution in [-0.2, 0) is 24.3 Å². The fourth-order valence-electron chi connectivity index (χ4n) is 1.62. The molecule has 0 saturated carbocycles. The zero-order valence-electron chi connectivity index (χ0n) is 10.8. The molecule has 1 unspecified atom stereocenters. The normalized spacial score (nSPS) is 20.1. The number of carbonyl (C=O) groups excluding carboxylic acids is 1. The van der Waals surface area contributed by atoms with Gasteiger partial charge in [-0.2, -0.15) is 4.31 Å². The topological polar surface area (TPSA) is 139 Å². The van der Waals surface area contributed by atoms with E-state index in [4.69, 9.17) is 9.84 Å². The third kappa shape index (κ3) is 3.53. The lowest BCUT2D eigenvalue weighted by Crippen LogP contribution is -2.48. The van der Waals surface area contributed by atoms with Crippen molar-refractivity contribution in [3.8, 4) is 0 Å². The second-order valence-electron chi connectivity index (χ2n) is 4.12. The van der Waals surface area contributed by atoms with Gasteiger partial charge in [-0.25, -0.2) is 13.2 Å². The van der Waals surface area contributed by atoms with Crippen molar-refractivity contribution in [2.45, 2.75) is 17.4 Å². The monoisotopic (exact) mass is 336 g/mol. The van der Waals surface area contributed by atoms with Gasteiger partial charge in [0, 0.05) is 13.5 Å². The van der Waals surface area contributed by atoms with Crippen LogP contribution in [0.3, 0.4) is 0 Å². The average Bonchev–Trinajstić information content (AvgIpc) is 2.87. The molecule has 2 heterocycles. The smallest absolute Gasteiger partial charge is 0.334 e. The number of morpholine rings is 1. The molecule has 21 heavy (non-hydrogen) atoms. The lowest BCUT2D eigenvalue weighted by atomic mass is 10.3. The number of sulfonamides is 1. The summed E-state index contributed by atoms with van der Waals surface area (Å²) in [5, 5.41) is 18.3. The summed E-state index contributed by atoms with van der Waals surface area (Å²) < 4.78 is 30.3. The van der Waals surface area contributed by atoms with Crippen molar-refractivity contribution in [2.24, 2.45) is 0 Å². The number of nitrogens with zero attached hydrogens (tertiary/aromatic N) is 3. The Morgan fingerprint density at radius 1 is 1.48 bits per heavy atom. The van der Waals surface area contributed by atoms with Gasteiger partial charge in [-0.1, -0.05) is 11.3 Å². The molecule has 0 spiro atoms. The number of aromatic nitrogens is 2. The highest BCUT2D eigenvalue weighted by Gasteiger charge is 2.36. The second kappa shape index (κ2) is 6.01. The van der Waals surface area contributed by atoms with E-state index in [1.807, 2.05) is 0 Å². The number of carbonyl (C=O) groups is 2. The molecule has 1 aromatic heterocycles. The number of anilines is 1. The van der Waals surface area contributed by atoms with Crippen LogP contribution in [0.4, 0.5) is 5.13 Å². The second-order valence-corrected chi connectivity index (χ2v) is 7.20. The quantitative estimate of drug-likeness (QED) is 0.665. The summed E-state index contributed by atoms with van der Waals surface area (Å²) in [6, 6.07) is 0. The van der Waals surface area contributed by atoms with Gasteiger partial charge < -0.3 is 15.2 Å². The fraction of sp³-hybridized carbons (Fsp3) is 0.556. The number of hydrogen-bond donors (Lipinski definition) is 2. The third-order valence-corrected chi connectivity index (χ3v) is 5.60. The number of hydrogen-bond acceptors (Lipinski definition) is 8. The van der Waals surface area contributed by atoms with Crippen molar-refractivity contribution >= 4 is 38.4 Å². The molecule has 0 aromatic carbocycles. The Morgan fingerprint density at radius 3 is 2.81 bits per heavy atom. The molecule has 1 aliphatic heterocycles. The van der Waals surface area contributed by atoms with Gasteiger partial charge in [0.2, 0.25) is 15.4 Å². The predicted octanol–water partition coefficient (Wildman–Crippen LogP) is -1.03. The van der Waals surface area contributed by atoms with Crippen molar-refractivity contribution in [1.82, 2.24) is 14.5 Å². The Balaban J connectivity index is 2.19. The van der Waals surface area contributed by atoms with E-state index < -0.39 is 28.0 Å². The van der Waals surface area contributed by atoms with Gasteiger partial charge in [0.05, 0.1) is 13.2 Å². The van der Waals surface area contributed by atoms with Gasteiger partial charge in [-0.15, -0.1) is 10.2 Å². The van der Waals surface area contributed by atoms with Gasteiger partial charge >= 0.3 is 5.97 Å². The van der Waals surface area contributed by atoms with Crippen LogP contribution in [0.5, 0.6) is 0 Å². The van der Waals surface area contributed by atoms with Gasteiger partial charge in [-0.05, 0) is 0 Å². The molecule has 0 aliphatic carbocycles. The summed E-state index contributed by atoms with van der Waals surface area (Å²) >= 11 is 0.699. The van der Waals surface area contributed by atoms with Gasteiger partial charge in [0.1, 0.15) is 0 Å². The number of rotatable bonds is 4. The van der Waals surface area contributed by atoms with Crippen LogP contribution < -0.4 is 5.32 Å². The van der Waals surface area contributed by atoms with Crippen LogP contribution in [0.2, 0.25) is 0 Å². The van der Waals surface area contributed by atoms with E-state index in [9.17, 15) is 18.0 Å². The molecule has 1 aromatic rings. The summed E-state index contributed by atoms with van der Waals surface area (Å²) in [5.41, 5.74) is 0. The molecular formula is C9H12N4O6S2. The molecule has 10 nitrogen and oxygen atoms in total. The van der Waals surface area contributed by atoms with E-state index >= 15 is 0 Å². The van der Waals surface area contributed by atoms with Gasteiger partial charge in [0.25, 0.3) is 10.0 Å². The van der Waals surface area contributed by atoms with Crippen molar-refractivity contribution in [1.29, 1.82) is 0 Å². The maximum absolute atomic E-state index is 12.3. The molecule has 1 saturated heterocycles. The lowest BCUT2D eigenvalue weighted by Gasteiger charge is -2.28. The number of aliphatic carboxylic acids is 1. The number of carboxylic acid groups (broad SMARTS) is 1. The van der Waals surface area contributed by atoms with Crippen molar-refractivity contribution in [3.05, 3.63) is 0 Å². The summed E-state index contributed by atoms with van der Waals surface area (Å²) in [6.07, 6.45) is -1.21. The van der Waals surface area contributed by atoms with Gasteiger partial charge in [-0.3, -0.25) is 4.79 Å². The first-order valence-corrected chi connectivity index (χ1v) is 8.02. The zero-order chi connectivity index (χ0) is 15.6. The first-order valence-electron chi connectivity index (χ1n) is 5.76. The molecule has 0 bridgehead atoms. The van der Waals surface area contributed by atoms with Crippen molar-refractivity contribution in [3.63, 3.8) is 0 Å². The van der Waals surface area contributed by atoms with E-state index in [1.165, 1.54) is 6.92 Å². The number of nitrogens with one attached hydrogen (secondary N) is 1. The highest BCUT2D eigenvalue weighted by Crippen LogP contribution is 2.24. The summed E-state index contributed by atoms with van der Waals surface area (Å²) in [6.45, 7) is 0.969. The highest BCUT2D eigenvalue weighted by atomic mass is 32.2. The molecule has 116 valence electrons. The molecule has 1 fully saturated rings. The molecule has 1 atom stereocenters. The summed E-state index contributed by atoms with van der Waals surface area (Å²) in [4.78, 5) is 21.7. The van der Waals surface area contributed by atoms with E-state index in [-0.39, 0.29) is 29.2 Å². The Morgan fingerprint density at radius 2 is 2.19 bits per heavy atom. The van der Waals surface area contributed by atoms with E-state index in [0.29, 0.717) is 11.3 Å². The number of amides is 1. The fourth-order valence-corrected chi connectivity index (χ4v) is 4.13. The predicted molar refractivity (Wildman–Crippen MR) is 70.3 cm³/mol. The van der Waals surface area contributed by atoms with E-state index in [2.05, 4.69) is 15.5 Å². The molecule has 1 aliphatic rings. The summed E-state index contributed by atoms with van der Waals surface area (Å²) in [5.74, 6) is -1.63. The molecule has 1 amide bonds. The van der Waals surface area contributed by atoms with Crippen LogP contribution in [0.25, 0.3) is 0 Å². The number of carboxylic acids is 1. The van der Waals surface area contributed by atoms with Crippen molar-refractivity contribution in [2.75, 3.05) is 25.0 Å². The number of ether oxygens (including phenoxy) is 1. The maximum Gasteiger partial charge on any atom is 0.334 e. The first kappa shape index (κ1) is 15.8. The third-order valence-electron chi connectivity index (χ3n) is 2.55. The lowest BCUT2D eigenvalue weighted by molar-refractivity contribution is -0.153. The van der Waals surface area contributed by atoms with Crippen LogP contribution >= 0.6 is 11.3 Å². The van der Waals surface area contributed by atoms with Gasteiger partial charge in [0.15, 0.2) is 6.10 Å². The molecule has 2 N–H and O–H groups in total. The minimum absolute atomic E-state index is 0.0203. The van der Waals surface area contributed by atoms with Crippen LogP contribution in [-0.4, -0.2) is 65.7 Å². The maximum atomic E-state index is 12.3. The SMILES string of the molecule is CC(=O)Nc1nnc(S(=O)(=O)N2CCOC(C(=O)O)C2)s1. The zero-order valence-corrected chi connectivity index (χ0v) is 12.5. The largest absolute Gasteiger partial charge is 0.479 e. The van der Waals surface area contributed by atoms with Crippen LogP contribution in [0.1, 0.15) is 6.92 Å². The highest BCUT2D eigenvalue weighted by molar-refractivity contribution is 7.91. The van der Waals surface area contributed by atoms with Crippen molar-refractivity contribution < 1.29 is 27.9 Å². The van der Waals surface area contributed by atoms with Crippen LogP contribution in [0.15, 0.2) is 4.34 Å². The Bertz CT molecular complexity index is 657. The standard InChI is InChI=1S/C9H12N4O6S2/c1-5(14)10-8-11-12-9(20-8)21(17,18)13-2-3-19-6(4-13)7(15)16/h6H,2-4H2,1H3,(H,15,16)(H,10,11,14). The Hall–Kier alpha value is -1.63. The minimum Gasteiger partial charge on any atom is -0.479 e. The van der Waals surface area contributed by atoms with E-state index in [0.717, 1.165) is 4.31 Å².